The number of hydrogen-bond acceptors (Lipinski definition) is 14. The number of amides is 2. The quantitative estimate of drug-likeness (QED) is 0.0505. The third-order valence-corrected chi connectivity index (χ3v) is 7.80. The van der Waals surface area contributed by atoms with Crippen LogP contribution in [0.3, 0.4) is 0 Å². The second-order valence-corrected chi connectivity index (χ2v) is 12.4. The number of amidine groups is 1. The van der Waals surface area contributed by atoms with E-state index in [0.717, 1.165) is 37.3 Å². The molecule has 0 spiro atoms. The number of nitrogen functional groups attached to an aromatic ring is 1. The summed E-state index contributed by atoms with van der Waals surface area (Å²) in [5, 5.41) is 20.8. The van der Waals surface area contributed by atoms with Crippen LogP contribution in [0.1, 0.15) is 37.9 Å². The minimum absolute atomic E-state index is 0.0564. The van der Waals surface area contributed by atoms with Crippen molar-refractivity contribution in [1.29, 1.82) is 0 Å². The van der Waals surface area contributed by atoms with Crippen molar-refractivity contribution in [2.24, 2.45) is 15.9 Å². The molecule has 8 N–H and O–H groups in total. The number of anilines is 1. The molecular weight excluding hydrogens is 636 g/mol. The van der Waals surface area contributed by atoms with Gasteiger partial charge in [-0.05, 0) is 57.5 Å². The molecule has 0 saturated carbocycles. The molecular formula is C25H32N8O10S2. The van der Waals surface area contributed by atoms with Crippen molar-refractivity contribution < 1.29 is 46.3 Å². The molecule has 2 saturated heterocycles. The van der Waals surface area contributed by atoms with Crippen molar-refractivity contribution >= 4 is 56.2 Å². The number of hydrogen-bond donors (Lipinski definition) is 6. The number of carboxylic acids is 1. The summed E-state index contributed by atoms with van der Waals surface area (Å²) in [4.78, 5) is 51.2. The van der Waals surface area contributed by atoms with Gasteiger partial charge in [0, 0.05) is 17.5 Å². The van der Waals surface area contributed by atoms with E-state index >= 15 is 0 Å². The van der Waals surface area contributed by atoms with Crippen molar-refractivity contribution in [1.82, 2.24) is 20.7 Å². The zero-order valence-corrected chi connectivity index (χ0v) is 25.7. The number of piperidine rings is 1. The van der Waals surface area contributed by atoms with E-state index < -0.39 is 58.2 Å². The number of carbonyl (C=O) groups is 3. The number of thiazole rings is 1. The SMILES string of the molecule is CC1(C)C(NC(=O)C(=NOC(COc2ccc(C(N)=NC3CCCNC3)cc2)C(=O)O)c2csc(N)n2)C(=O)N1OS(=O)(=O)O. The highest BCUT2D eigenvalue weighted by Gasteiger charge is 2.58. The van der Waals surface area contributed by atoms with Gasteiger partial charge in [-0.1, -0.05) is 5.16 Å². The van der Waals surface area contributed by atoms with Gasteiger partial charge >= 0.3 is 16.4 Å². The van der Waals surface area contributed by atoms with E-state index in [1.54, 1.807) is 24.3 Å². The molecule has 3 unspecified atom stereocenters. The van der Waals surface area contributed by atoms with Crippen LogP contribution in [0.2, 0.25) is 0 Å². The fourth-order valence-corrected chi connectivity index (χ4v) is 5.39. The summed E-state index contributed by atoms with van der Waals surface area (Å²) >= 11 is 0.956. The molecule has 20 heteroatoms. The van der Waals surface area contributed by atoms with Crippen LogP contribution in [0.4, 0.5) is 5.13 Å². The summed E-state index contributed by atoms with van der Waals surface area (Å²) in [6.45, 7) is 3.91. The molecule has 0 bridgehead atoms. The first-order chi connectivity index (χ1) is 21.2. The van der Waals surface area contributed by atoms with E-state index in [-0.39, 0.29) is 16.9 Å². The van der Waals surface area contributed by atoms with Crippen LogP contribution in [0.25, 0.3) is 0 Å². The Morgan fingerprint density at radius 3 is 2.58 bits per heavy atom. The van der Waals surface area contributed by atoms with Crippen molar-refractivity contribution in [2.75, 3.05) is 25.4 Å². The first-order valence-corrected chi connectivity index (χ1v) is 15.7. The molecule has 3 atom stereocenters. The fourth-order valence-electron chi connectivity index (χ4n) is 4.39. The summed E-state index contributed by atoms with van der Waals surface area (Å²) in [6, 6.07) is 5.29. The molecule has 1 aromatic carbocycles. The van der Waals surface area contributed by atoms with Crippen molar-refractivity contribution in [3.63, 3.8) is 0 Å². The van der Waals surface area contributed by atoms with Gasteiger partial charge in [0.25, 0.3) is 17.9 Å². The number of β-lactam (4-membered cyclic amide) rings is 1. The summed E-state index contributed by atoms with van der Waals surface area (Å²) in [5.41, 5.74) is 10.4. The average Bonchev–Trinajstić information content (AvgIpc) is 3.41. The molecule has 1 aromatic heterocycles. The maximum Gasteiger partial charge on any atom is 0.418 e. The standard InChI is InChI=1S/C25H32N8O10S2/c1-25(2)19(22(35)33(25)43-45(38,39)40)31-21(34)18(16-12-44-24(27)30-16)32-42-17(23(36)37)11-41-15-7-5-13(6-8-15)20(26)29-14-4-3-9-28-10-14/h5-8,12,14,17,19,28H,3-4,9-11H2,1-2H3,(H2,26,29)(H2,27,30)(H,31,34)(H,36,37)(H,38,39,40). The Hall–Kier alpha value is -4.37. The number of benzene rings is 1. The highest BCUT2D eigenvalue weighted by molar-refractivity contribution is 7.80. The molecule has 45 heavy (non-hydrogen) atoms. The van der Waals surface area contributed by atoms with Gasteiger partial charge in [-0.3, -0.25) is 19.1 Å². The molecule has 2 amide bonds. The lowest BCUT2D eigenvalue weighted by Gasteiger charge is -2.50. The number of nitrogens with zero attached hydrogens (tertiary/aromatic N) is 4. The molecule has 2 fully saturated rings. The summed E-state index contributed by atoms with van der Waals surface area (Å²) in [6.07, 6.45) is 0.268. The number of nitrogens with two attached hydrogens (primary N) is 2. The van der Waals surface area contributed by atoms with Gasteiger partial charge in [-0.2, -0.15) is 13.5 Å². The molecule has 2 aliphatic rings. The highest BCUT2D eigenvalue weighted by atomic mass is 32.3. The molecule has 3 heterocycles. The topological polar surface area (TPSA) is 270 Å². The number of aliphatic imine (C=N–C) groups is 1. The van der Waals surface area contributed by atoms with E-state index in [9.17, 15) is 27.9 Å². The number of oxime groups is 1. The lowest BCUT2D eigenvalue weighted by atomic mass is 9.84. The van der Waals surface area contributed by atoms with Crippen LogP contribution < -0.4 is 26.8 Å². The van der Waals surface area contributed by atoms with E-state index in [0.29, 0.717) is 22.2 Å². The van der Waals surface area contributed by atoms with Gasteiger partial charge in [0.05, 0.1) is 11.6 Å². The summed E-state index contributed by atoms with van der Waals surface area (Å²) in [5.74, 6) is -2.81. The molecule has 4 rings (SSSR count). The Labute approximate surface area is 261 Å². The first kappa shape index (κ1) is 33.5. The summed E-state index contributed by atoms with van der Waals surface area (Å²) < 4.78 is 40.9. The van der Waals surface area contributed by atoms with Crippen LogP contribution >= 0.6 is 11.3 Å². The lowest BCUT2D eigenvalue weighted by Crippen LogP contribution is -2.76. The maximum absolute atomic E-state index is 13.2. The minimum atomic E-state index is -5.01. The monoisotopic (exact) mass is 668 g/mol. The maximum atomic E-state index is 13.2. The van der Waals surface area contributed by atoms with E-state index in [1.807, 2.05) is 0 Å². The second kappa shape index (κ2) is 13.7. The van der Waals surface area contributed by atoms with Crippen LogP contribution in [-0.2, 0) is 33.9 Å². The predicted molar refractivity (Wildman–Crippen MR) is 160 cm³/mol. The normalized spacial score (nSPS) is 21.0. The zero-order chi connectivity index (χ0) is 32.9. The number of rotatable bonds is 13. The number of ether oxygens (including phenoxy) is 1. The van der Waals surface area contributed by atoms with E-state index in [1.165, 1.54) is 19.2 Å². The molecule has 2 aromatic rings. The Morgan fingerprint density at radius 1 is 1.31 bits per heavy atom. The van der Waals surface area contributed by atoms with Crippen molar-refractivity contribution in [3.05, 3.63) is 40.9 Å². The first-order valence-electron chi connectivity index (χ1n) is 13.4. The number of aromatic nitrogens is 1. The van der Waals surface area contributed by atoms with Gasteiger partial charge in [0.2, 0.25) is 0 Å². The molecule has 244 valence electrons. The number of hydroxylamine groups is 2. The summed E-state index contributed by atoms with van der Waals surface area (Å²) in [7, 11) is -5.01. The Morgan fingerprint density at radius 2 is 2.02 bits per heavy atom. The van der Waals surface area contributed by atoms with Crippen LogP contribution in [-0.4, -0.2) is 101 Å². The molecule has 0 aliphatic carbocycles. The zero-order valence-electron chi connectivity index (χ0n) is 24.1. The second-order valence-electron chi connectivity index (χ2n) is 10.5. The predicted octanol–water partition coefficient (Wildman–Crippen LogP) is -0.724. The number of aliphatic carboxylic acids is 1. The van der Waals surface area contributed by atoms with Gasteiger partial charge < -0.3 is 36.8 Å². The van der Waals surface area contributed by atoms with Gasteiger partial charge in [-0.15, -0.1) is 15.6 Å². The van der Waals surface area contributed by atoms with Crippen LogP contribution in [0.5, 0.6) is 5.75 Å². The van der Waals surface area contributed by atoms with E-state index in [2.05, 4.69) is 30.0 Å². The Kier molecular flexibility index (Phi) is 10.2. The van der Waals surface area contributed by atoms with Crippen molar-refractivity contribution in [2.45, 2.75) is 50.4 Å². The number of carbonyl (C=O) groups excluding carboxylic acids is 2. The van der Waals surface area contributed by atoms with Gasteiger partial charge in [0.15, 0.2) is 10.8 Å². The lowest BCUT2D eigenvalue weighted by molar-refractivity contribution is -0.218. The highest BCUT2D eigenvalue weighted by Crippen LogP contribution is 2.33. The largest absolute Gasteiger partial charge is 0.489 e. The number of carboxylic acid groups (broad SMARTS) is 1. The smallest absolute Gasteiger partial charge is 0.418 e. The van der Waals surface area contributed by atoms with Crippen molar-refractivity contribution in [3.8, 4) is 5.75 Å². The fraction of sp³-hybridized carbons (Fsp3) is 0.440. The van der Waals surface area contributed by atoms with Gasteiger partial charge in [-0.25, -0.2) is 9.78 Å². The molecule has 0 radical (unpaired) electrons. The Bertz CT molecular complexity index is 1590. The van der Waals surface area contributed by atoms with Gasteiger partial charge in [0.1, 0.15) is 29.9 Å². The molecule has 18 nitrogen and oxygen atoms in total. The Balaban J connectivity index is 1.43. The third kappa shape index (κ3) is 8.42. The average molecular weight is 669 g/mol. The van der Waals surface area contributed by atoms with Crippen LogP contribution in [0, 0.1) is 0 Å². The number of nitrogens with one attached hydrogen (secondary N) is 2. The molecule has 2 aliphatic heterocycles. The third-order valence-electron chi connectivity index (χ3n) is 6.79. The van der Waals surface area contributed by atoms with E-state index in [4.69, 9.17) is 25.6 Å². The van der Waals surface area contributed by atoms with Crippen LogP contribution in [0.15, 0.2) is 39.8 Å². The minimum Gasteiger partial charge on any atom is -0.489 e.